The van der Waals surface area contributed by atoms with Crippen LogP contribution in [0, 0.1) is 12.7 Å². The summed E-state index contributed by atoms with van der Waals surface area (Å²) < 4.78 is 43.3. The highest BCUT2D eigenvalue weighted by molar-refractivity contribution is 7.90. The van der Waals surface area contributed by atoms with Crippen LogP contribution in [0.2, 0.25) is 0 Å². The summed E-state index contributed by atoms with van der Waals surface area (Å²) >= 11 is 0. The predicted octanol–water partition coefficient (Wildman–Crippen LogP) is 3.76. The maximum atomic E-state index is 12.9. The Bertz CT molecular complexity index is 916. The molecule has 3 rings (SSSR count). The van der Waals surface area contributed by atoms with E-state index in [9.17, 15) is 12.8 Å². The third-order valence-electron chi connectivity index (χ3n) is 3.41. The van der Waals surface area contributed by atoms with E-state index in [0.717, 1.165) is 17.7 Å². The van der Waals surface area contributed by atoms with Gasteiger partial charge in [0.2, 0.25) is 5.89 Å². The van der Waals surface area contributed by atoms with Crippen molar-refractivity contribution in [3.8, 4) is 11.5 Å². The lowest BCUT2D eigenvalue weighted by atomic mass is 10.2. The number of benzene rings is 2. The van der Waals surface area contributed by atoms with Crippen molar-refractivity contribution in [1.82, 2.24) is 4.98 Å². The molecule has 6 heteroatoms. The second-order valence-electron chi connectivity index (χ2n) is 5.10. The number of hydrogen-bond acceptors (Lipinski definition) is 4. The molecule has 0 bridgehead atoms. The highest BCUT2D eigenvalue weighted by atomic mass is 32.2. The van der Waals surface area contributed by atoms with Crippen molar-refractivity contribution in [3.63, 3.8) is 0 Å². The van der Waals surface area contributed by atoms with Gasteiger partial charge in [-0.15, -0.1) is 0 Å². The fourth-order valence-electron chi connectivity index (χ4n) is 2.17. The first kappa shape index (κ1) is 15.4. The molecule has 0 N–H and O–H groups in total. The summed E-state index contributed by atoms with van der Waals surface area (Å²) in [5.41, 5.74) is 1.13. The Kier molecular flexibility index (Phi) is 4.00. The van der Waals surface area contributed by atoms with Crippen molar-refractivity contribution in [2.45, 2.75) is 17.6 Å². The zero-order valence-corrected chi connectivity index (χ0v) is 13.2. The van der Waals surface area contributed by atoms with Crippen molar-refractivity contribution in [2.24, 2.45) is 0 Å². The fraction of sp³-hybridized carbons (Fsp3) is 0.118. The SMILES string of the molecule is Cc1oc(-c2ccccc2)nc1CS(=O)(=O)c1ccc(F)cc1. The largest absolute Gasteiger partial charge is 0.441 e. The summed E-state index contributed by atoms with van der Waals surface area (Å²) in [6, 6.07) is 14.0. The summed E-state index contributed by atoms with van der Waals surface area (Å²) in [6.45, 7) is 1.68. The minimum absolute atomic E-state index is 0.0579. The number of hydrogen-bond donors (Lipinski definition) is 0. The number of sulfone groups is 1. The third kappa shape index (κ3) is 3.32. The number of rotatable bonds is 4. The second-order valence-corrected chi connectivity index (χ2v) is 7.09. The van der Waals surface area contributed by atoms with E-state index in [4.69, 9.17) is 4.42 Å². The molecule has 0 fully saturated rings. The van der Waals surface area contributed by atoms with Gasteiger partial charge in [0, 0.05) is 5.56 Å². The van der Waals surface area contributed by atoms with Crippen LogP contribution in [0.1, 0.15) is 11.5 Å². The van der Waals surface area contributed by atoms with Crippen molar-refractivity contribution in [2.75, 3.05) is 0 Å². The molecule has 0 aliphatic heterocycles. The molecule has 0 spiro atoms. The van der Waals surface area contributed by atoms with Gasteiger partial charge in [-0.2, -0.15) is 0 Å². The Hall–Kier alpha value is -2.47. The molecule has 23 heavy (non-hydrogen) atoms. The number of aromatic nitrogens is 1. The summed E-state index contributed by atoms with van der Waals surface area (Å²) in [5, 5.41) is 0. The van der Waals surface area contributed by atoms with Gasteiger partial charge >= 0.3 is 0 Å². The van der Waals surface area contributed by atoms with Gasteiger partial charge in [-0.05, 0) is 43.3 Å². The lowest BCUT2D eigenvalue weighted by molar-refractivity contribution is 0.539. The van der Waals surface area contributed by atoms with Gasteiger partial charge in [0.15, 0.2) is 9.84 Å². The highest BCUT2D eigenvalue weighted by Gasteiger charge is 2.21. The van der Waals surface area contributed by atoms with Gasteiger partial charge in [-0.3, -0.25) is 0 Å². The Morgan fingerprint density at radius 1 is 1.04 bits per heavy atom. The smallest absolute Gasteiger partial charge is 0.226 e. The van der Waals surface area contributed by atoms with Crippen LogP contribution < -0.4 is 0 Å². The monoisotopic (exact) mass is 331 g/mol. The summed E-state index contributed by atoms with van der Waals surface area (Å²) in [6.07, 6.45) is 0. The second kappa shape index (κ2) is 5.96. The molecule has 1 aromatic heterocycles. The average molecular weight is 331 g/mol. The lowest BCUT2D eigenvalue weighted by Gasteiger charge is -2.02. The van der Waals surface area contributed by atoms with E-state index in [-0.39, 0.29) is 10.6 Å². The van der Waals surface area contributed by atoms with Gasteiger partial charge in [-0.25, -0.2) is 17.8 Å². The van der Waals surface area contributed by atoms with E-state index in [2.05, 4.69) is 4.98 Å². The first-order valence-corrected chi connectivity index (χ1v) is 8.61. The molecular weight excluding hydrogens is 317 g/mol. The molecule has 0 aliphatic carbocycles. The molecule has 2 aromatic carbocycles. The van der Waals surface area contributed by atoms with Crippen LogP contribution in [0.25, 0.3) is 11.5 Å². The molecule has 1 heterocycles. The van der Waals surface area contributed by atoms with Crippen molar-refractivity contribution in [3.05, 3.63) is 71.9 Å². The Morgan fingerprint density at radius 2 is 1.70 bits per heavy atom. The van der Waals surface area contributed by atoms with Crippen LogP contribution in [-0.4, -0.2) is 13.4 Å². The molecule has 3 aromatic rings. The first-order valence-electron chi connectivity index (χ1n) is 6.96. The minimum Gasteiger partial charge on any atom is -0.441 e. The molecule has 0 radical (unpaired) electrons. The Morgan fingerprint density at radius 3 is 2.35 bits per heavy atom. The van der Waals surface area contributed by atoms with Crippen molar-refractivity contribution in [1.29, 1.82) is 0 Å². The zero-order chi connectivity index (χ0) is 16.4. The minimum atomic E-state index is -3.61. The van der Waals surface area contributed by atoms with Crippen LogP contribution >= 0.6 is 0 Å². The number of halogens is 1. The van der Waals surface area contributed by atoms with Crippen molar-refractivity contribution >= 4 is 9.84 Å². The van der Waals surface area contributed by atoms with Gasteiger partial charge < -0.3 is 4.42 Å². The maximum absolute atomic E-state index is 12.9. The molecule has 0 unspecified atom stereocenters. The summed E-state index contributed by atoms with van der Waals surface area (Å²) in [7, 11) is -3.61. The summed E-state index contributed by atoms with van der Waals surface area (Å²) in [5.74, 6) is 0.0655. The normalized spacial score (nSPS) is 11.6. The quantitative estimate of drug-likeness (QED) is 0.683. The van der Waals surface area contributed by atoms with Crippen LogP contribution in [0.3, 0.4) is 0 Å². The number of nitrogens with zero attached hydrogens (tertiary/aromatic N) is 1. The van der Waals surface area contributed by atoms with Gasteiger partial charge in [-0.1, -0.05) is 18.2 Å². The lowest BCUT2D eigenvalue weighted by Crippen LogP contribution is -2.06. The van der Waals surface area contributed by atoms with Crippen molar-refractivity contribution < 1.29 is 17.2 Å². The molecule has 0 atom stereocenters. The molecule has 0 amide bonds. The maximum Gasteiger partial charge on any atom is 0.226 e. The molecule has 0 aliphatic rings. The van der Waals surface area contributed by atoms with Gasteiger partial charge in [0.05, 0.1) is 10.6 Å². The van der Waals surface area contributed by atoms with E-state index >= 15 is 0 Å². The van der Waals surface area contributed by atoms with Gasteiger partial charge in [0.25, 0.3) is 0 Å². The Labute approximate surface area is 133 Å². The van der Waals surface area contributed by atoms with E-state index in [1.54, 1.807) is 6.92 Å². The first-order chi connectivity index (χ1) is 11.0. The predicted molar refractivity (Wildman–Crippen MR) is 84.0 cm³/mol. The molecular formula is C17H14FNO3S. The van der Waals surface area contributed by atoms with Crippen LogP contribution in [0.15, 0.2) is 63.9 Å². The fourth-order valence-corrected chi connectivity index (χ4v) is 3.52. The average Bonchev–Trinajstić information content (AvgIpc) is 2.89. The standard InChI is InChI=1S/C17H14FNO3S/c1-12-16(19-17(22-12)13-5-3-2-4-6-13)11-23(20,21)15-9-7-14(18)8-10-15/h2-10H,11H2,1H3. The molecule has 0 saturated heterocycles. The summed E-state index contributed by atoms with van der Waals surface area (Å²) in [4.78, 5) is 4.35. The number of aryl methyl sites for hydroxylation is 1. The number of oxazole rings is 1. The molecule has 118 valence electrons. The third-order valence-corrected chi connectivity index (χ3v) is 5.06. The topological polar surface area (TPSA) is 60.2 Å². The van der Waals surface area contributed by atoms with Gasteiger partial charge in [0.1, 0.15) is 17.3 Å². The molecule has 0 saturated carbocycles. The molecule has 4 nitrogen and oxygen atoms in total. The van der Waals surface area contributed by atoms with Crippen LogP contribution in [-0.2, 0) is 15.6 Å². The van der Waals surface area contributed by atoms with E-state index < -0.39 is 15.7 Å². The van der Waals surface area contributed by atoms with E-state index in [1.165, 1.54) is 12.1 Å². The Balaban J connectivity index is 1.91. The van der Waals surface area contributed by atoms with E-state index in [1.807, 2.05) is 30.3 Å². The zero-order valence-electron chi connectivity index (χ0n) is 12.4. The van der Waals surface area contributed by atoms with Crippen LogP contribution in [0.5, 0.6) is 0 Å². The van der Waals surface area contributed by atoms with E-state index in [0.29, 0.717) is 17.3 Å². The van der Waals surface area contributed by atoms with Crippen LogP contribution in [0.4, 0.5) is 4.39 Å². The highest BCUT2D eigenvalue weighted by Crippen LogP contribution is 2.24.